The maximum atomic E-state index is 12.1. The van der Waals surface area contributed by atoms with Gasteiger partial charge in [-0.25, -0.2) is 0 Å². The number of hydrogen-bond donors (Lipinski definition) is 1. The molecule has 7 heteroatoms. The van der Waals surface area contributed by atoms with Gasteiger partial charge in [-0.05, 0) is 54.5 Å². The van der Waals surface area contributed by atoms with E-state index in [1.165, 1.54) is 0 Å². The second-order valence-corrected chi connectivity index (χ2v) is 6.11. The number of benzene rings is 1. The number of rotatable bonds is 6. The summed E-state index contributed by atoms with van der Waals surface area (Å²) in [5.41, 5.74) is 1.94. The molecule has 1 amide bonds. The highest BCUT2D eigenvalue weighted by atomic mass is 32.1. The van der Waals surface area contributed by atoms with Crippen molar-refractivity contribution in [2.75, 3.05) is 7.11 Å². The smallest absolute Gasteiger partial charge is 0.251 e. The van der Waals surface area contributed by atoms with Gasteiger partial charge >= 0.3 is 0 Å². The maximum absolute atomic E-state index is 12.1. The molecular weight excluding hydrogens is 338 g/mol. The van der Waals surface area contributed by atoms with Gasteiger partial charge in [0, 0.05) is 12.4 Å². The maximum Gasteiger partial charge on any atom is 0.251 e. The van der Waals surface area contributed by atoms with Crippen LogP contribution in [-0.2, 0) is 17.9 Å². The van der Waals surface area contributed by atoms with E-state index in [-0.39, 0.29) is 11.9 Å². The molecule has 0 saturated carbocycles. The van der Waals surface area contributed by atoms with Crippen LogP contribution < -0.4 is 14.8 Å². The highest BCUT2D eigenvalue weighted by Crippen LogP contribution is 2.29. The van der Waals surface area contributed by atoms with Crippen LogP contribution in [0.15, 0.2) is 42.7 Å². The first-order valence-electron chi connectivity index (χ1n) is 7.89. The molecule has 1 aromatic heterocycles. The van der Waals surface area contributed by atoms with Gasteiger partial charge < -0.3 is 14.8 Å². The molecule has 0 radical (unpaired) electrons. The fraction of sp³-hybridized carbons (Fsp3) is 0.278. The first-order valence-corrected chi connectivity index (χ1v) is 8.30. The van der Waals surface area contributed by atoms with E-state index in [9.17, 15) is 4.79 Å². The Hall–Kier alpha value is -2.67. The predicted octanol–water partition coefficient (Wildman–Crippen LogP) is 2.27. The minimum Gasteiger partial charge on any atom is -0.493 e. The molecule has 25 heavy (non-hydrogen) atoms. The molecule has 1 fully saturated rings. The Morgan fingerprint density at radius 1 is 1.20 bits per heavy atom. The molecule has 1 N–H and O–H groups in total. The van der Waals surface area contributed by atoms with Crippen LogP contribution in [0.25, 0.3) is 0 Å². The first-order chi connectivity index (χ1) is 12.1. The molecule has 1 aromatic carbocycles. The topological polar surface area (TPSA) is 63.7 Å². The van der Waals surface area contributed by atoms with E-state index in [1.54, 1.807) is 31.3 Å². The van der Waals surface area contributed by atoms with Gasteiger partial charge in [0.25, 0.3) is 5.91 Å². The summed E-state index contributed by atoms with van der Waals surface area (Å²) in [6, 6.07) is 9.13. The number of carbonyl (C=O) groups excluding carboxylic acids is 1. The first kappa shape index (κ1) is 17.2. The van der Waals surface area contributed by atoms with E-state index in [1.807, 2.05) is 30.3 Å². The number of methoxy groups -OCH3 is 1. The molecule has 0 spiro atoms. The van der Waals surface area contributed by atoms with Crippen molar-refractivity contribution in [2.24, 2.45) is 0 Å². The summed E-state index contributed by atoms with van der Waals surface area (Å²) in [5.74, 6) is 1.23. The van der Waals surface area contributed by atoms with Crippen LogP contribution in [0.3, 0.4) is 0 Å². The molecule has 1 unspecified atom stereocenters. The van der Waals surface area contributed by atoms with Crippen LogP contribution in [0.1, 0.15) is 18.1 Å². The Labute approximate surface area is 151 Å². The third-order valence-electron chi connectivity index (χ3n) is 3.93. The van der Waals surface area contributed by atoms with Crippen LogP contribution in [0.2, 0.25) is 0 Å². The number of pyridine rings is 1. The summed E-state index contributed by atoms with van der Waals surface area (Å²) in [5, 5.41) is 3.42. The molecular formula is C18H19N3O3S. The number of carbonyl (C=O) groups is 1. The van der Waals surface area contributed by atoms with Crippen LogP contribution in [0.4, 0.5) is 0 Å². The molecule has 6 nitrogen and oxygen atoms in total. The van der Waals surface area contributed by atoms with Crippen molar-refractivity contribution >= 4 is 23.2 Å². The average molecular weight is 357 g/mol. The average Bonchev–Trinajstić information content (AvgIpc) is 2.87. The third kappa shape index (κ3) is 3.88. The quantitative estimate of drug-likeness (QED) is 0.800. The van der Waals surface area contributed by atoms with Gasteiger partial charge in [-0.15, -0.1) is 0 Å². The van der Waals surface area contributed by atoms with Crippen molar-refractivity contribution in [2.45, 2.75) is 26.1 Å². The van der Waals surface area contributed by atoms with Crippen LogP contribution >= 0.6 is 12.2 Å². The van der Waals surface area contributed by atoms with Gasteiger partial charge in [-0.3, -0.25) is 14.7 Å². The van der Waals surface area contributed by atoms with E-state index in [4.69, 9.17) is 21.7 Å². The van der Waals surface area contributed by atoms with Gasteiger partial charge in [-0.2, -0.15) is 0 Å². The SMILES string of the molecule is COc1cc(CN2C(=O)C(C)NC2=S)ccc1OCc1ccncc1. The molecule has 1 atom stereocenters. The van der Waals surface area contributed by atoms with Gasteiger partial charge in [0.1, 0.15) is 12.6 Å². The highest BCUT2D eigenvalue weighted by Gasteiger charge is 2.32. The summed E-state index contributed by atoms with van der Waals surface area (Å²) in [6.45, 7) is 2.62. The molecule has 3 rings (SSSR count). The minimum atomic E-state index is -0.280. The van der Waals surface area contributed by atoms with Crippen molar-refractivity contribution in [1.29, 1.82) is 0 Å². The van der Waals surface area contributed by atoms with Crippen molar-refractivity contribution in [3.8, 4) is 11.5 Å². The molecule has 0 bridgehead atoms. The number of thiocarbonyl (C=S) groups is 1. The fourth-order valence-corrected chi connectivity index (χ4v) is 2.89. The van der Waals surface area contributed by atoms with Crippen molar-refractivity contribution < 1.29 is 14.3 Å². The summed E-state index contributed by atoms with van der Waals surface area (Å²) in [6.07, 6.45) is 3.45. The van der Waals surface area contributed by atoms with Gasteiger partial charge in [-0.1, -0.05) is 6.07 Å². The van der Waals surface area contributed by atoms with Crippen LogP contribution in [-0.4, -0.2) is 34.1 Å². The van der Waals surface area contributed by atoms with E-state index in [2.05, 4.69) is 10.3 Å². The number of amides is 1. The molecule has 1 aliphatic heterocycles. The van der Waals surface area contributed by atoms with Gasteiger partial charge in [0.2, 0.25) is 0 Å². The minimum absolute atomic E-state index is 0.0259. The Morgan fingerprint density at radius 2 is 1.96 bits per heavy atom. The van der Waals surface area contributed by atoms with Crippen molar-refractivity contribution in [3.63, 3.8) is 0 Å². The summed E-state index contributed by atoms with van der Waals surface area (Å²) in [7, 11) is 1.59. The fourth-order valence-electron chi connectivity index (χ4n) is 2.56. The molecule has 1 aliphatic rings. The summed E-state index contributed by atoms with van der Waals surface area (Å²) < 4.78 is 11.3. The van der Waals surface area contributed by atoms with E-state index >= 15 is 0 Å². The lowest BCUT2D eigenvalue weighted by molar-refractivity contribution is -0.127. The predicted molar refractivity (Wildman–Crippen MR) is 97.3 cm³/mol. The molecule has 2 aromatic rings. The number of ether oxygens (including phenoxy) is 2. The normalized spacial score (nSPS) is 16.7. The molecule has 0 aliphatic carbocycles. The second-order valence-electron chi connectivity index (χ2n) is 5.72. The number of aromatic nitrogens is 1. The van der Waals surface area contributed by atoms with Crippen molar-refractivity contribution in [1.82, 2.24) is 15.2 Å². The van der Waals surface area contributed by atoms with E-state index in [0.717, 1.165) is 11.1 Å². The molecule has 130 valence electrons. The highest BCUT2D eigenvalue weighted by molar-refractivity contribution is 7.80. The van der Waals surface area contributed by atoms with Crippen molar-refractivity contribution in [3.05, 3.63) is 53.9 Å². The lowest BCUT2D eigenvalue weighted by Gasteiger charge is -2.17. The number of nitrogens with zero attached hydrogens (tertiary/aromatic N) is 2. The third-order valence-corrected chi connectivity index (χ3v) is 4.27. The Kier molecular flexibility index (Phi) is 5.14. The molecule has 2 heterocycles. The lowest BCUT2D eigenvalue weighted by Crippen LogP contribution is -2.30. The summed E-state index contributed by atoms with van der Waals surface area (Å²) in [4.78, 5) is 17.7. The number of hydrogen-bond acceptors (Lipinski definition) is 5. The zero-order valence-corrected chi connectivity index (χ0v) is 14.9. The van der Waals surface area contributed by atoms with Crippen LogP contribution in [0.5, 0.6) is 11.5 Å². The Balaban J connectivity index is 1.71. The largest absolute Gasteiger partial charge is 0.493 e. The molecule has 1 saturated heterocycles. The zero-order chi connectivity index (χ0) is 17.8. The van der Waals surface area contributed by atoms with E-state index < -0.39 is 0 Å². The Morgan fingerprint density at radius 3 is 2.60 bits per heavy atom. The summed E-state index contributed by atoms with van der Waals surface area (Å²) >= 11 is 5.21. The zero-order valence-electron chi connectivity index (χ0n) is 14.1. The second kappa shape index (κ2) is 7.48. The van der Waals surface area contributed by atoms with E-state index in [0.29, 0.717) is 29.8 Å². The number of nitrogens with one attached hydrogen (secondary N) is 1. The monoisotopic (exact) mass is 357 g/mol. The van der Waals surface area contributed by atoms with Gasteiger partial charge in [0.05, 0.1) is 13.7 Å². The lowest BCUT2D eigenvalue weighted by atomic mass is 10.2. The Bertz CT molecular complexity index is 782. The van der Waals surface area contributed by atoms with Gasteiger partial charge in [0.15, 0.2) is 16.6 Å². The standard InChI is InChI=1S/C18H19N3O3S/c1-12-17(22)21(18(25)20-12)10-14-3-4-15(16(9-14)23-2)24-11-13-5-7-19-8-6-13/h3-9,12H,10-11H2,1-2H3,(H,20,25). The van der Waals surface area contributed by atoms with Crippen LogP contribution in [0, 0.1) is 0 Å².